The van der Waals surface area contributed by atoms with E-state index in [1.165, 1.54) is 84.5 Å². The summed E-state index contributed by atoms with van der Waals surface area (Å²) in [5, 5.41) is 7.78. The molecule has 0 unspecified atom stereocenters. The molecule has 55 heavy (non-hydrogen) atoms. The molecule has 0 saturated heterocycles. The lowest BCUT2D eigenvalue weighted by molar-refractivity contribution is 1.28. The van der Waals surface area contributed by atoms with Gasteiger partial charge < -0.3 is 4.90 Å². The summed E-state index contributed by atoms with van der Waals surface area (Å²) in [4.78, 5) is 2.41. The summed E-state index contributed by atoms with van der Waals surface area (Å²) in [5.41, 5.74) is 10.7. The molecule has 9 aromatic carbocycles. The number of anilines is 3. The molecule has 0 aliphatic rings. The number of thiophene rings is 2. The maximum atomic E-state index is 2.41. The minimum atomic E-state index is 1.11. The van der Waals surface area contributed by atoms with Gasteiger partial charge in [0.05, 0.1) is 0 Å². The minimum Gasteiger partial charge on any atom is -0.310 e. The molecule has 2 aromatic heterocycles. The van der Waals surface area contributed by atoms with Crippen LogP contribution in [0.3, 0.4) is 0 Å². The summed E-state index contributed by atoms with van der Waals surface area (Å²) >= 11 is 3.76. The van der Waals surface area contributed by atoms with Crippen LogP contribution >= 0.6 is 22.7 Å². The van der Waals surface area contributed by atoms with Gasteiger partial charge in [-0.05, 0) is 92.7 Å². The zero-order valence-corrected chi connectivity index (χ0v) is 31.4. The Labute approximate surface area is 327 Å². The first kappa shape index (κ1) is 32.0. The largest absolute Gasteiger partial charge is 0.310 e. The Bertz CT molecular complexity index is 3060. The van der Waals surface area contributed by atoms with Crippen molar-refractivity contribution >= 4 is 90.9 Å². The van der Waals surface area contributed by atoms with E-state index in [0.717, 1.165) is 17.1 Å². The van der Waals surface area contributed by atoms with Gasteiger partial charge in [-0.15, -0.1) is 22.7 Å². The number of nitrogens with zero attached hydrogens (tertiary/aromatic N) is 1. The SMILES string of the molecule is c1cc(-c2cccc3c2sc2ccccc23)cc(N(c2ccc(-c3cccc4ccccc34)cc2)c2cccc(-c3cccc4c3sc3ccccc34)c2)c1. The zero-order valence-electron chi connectivity index (χ0n) is 29.8. The summed E-state index contributed by atoms with van der Waals surface area (Å²) in [6.45, 7) is 0. The van der Waals surface area contributed by atoms with E-state index >= 15 is 0 Å². The van der Waals surface area contributed by atoms with Gasteiger partial charge in [-0.25, -0.2) is 0 Å². The Morgan fingerprint density at radius 2 is 0.745 bits per heavy atom. The fourth-order valence-electron chi connectivity index (χ4n) is 8.29. The van der Waals surface area contributed by atoms with Gasteiger partial charge in [0.25, 0.3) is 0 Å². The van der Waals surface area contributed by atoms with Crippen molar-refractivity contribution < 1.29 is 0 Å². The molecule has 11 rings (SSSR count). The summed E-state index contributed by atoms with van der Waals surface area (Å²) in [5.74, 6) is 0. The van der Waals surface area contributed by atoms with Gasteiger partial charge in [-0.3, -0.25) is 0 Å². The standard InChI is InChI=1S/C52H33NS2/c1-2-18-41-34(12-1)13-9-21-42(41)35-28-30-38(31-29-35)53(39-16-7-14-36(32-39)43-22-10-24-47-45-19-3-5-26-49(45)54-51(43)47)40-17-8-15-37(33-40)44-23-11-25-48-46-20-4-6-27-50(46)55-52(44)48/h1-33H. The summed E-state index contributed by atoms with van der Waals surface area (Å²) < 4.78 is 5.29. The van der Waals surface area contributed by atoms with E-state index in [9.17, 15) is 0 Å². The molecule has 0 spiro atoms. The number of rotatable bonds is 6. The van der Waals surface area contributed by atoms with Crippen molar-refractivity contribution in [2.45, 2.75) is 0 Å². The average Bonchev–Trinajstić information content (AvgIpc) is 3.83. The van der Waals surface area contributed by atoms with Crippen LogP contribution in [0.2, 0.25) is 0 Å². The zero-order chi connectivity index (χ0) is 36.3. The van der Waals surface area contributed by atoms with Gasteiger partial charge in [-0.2, -0.15) is 0 Å². The van der Waals surface area contributed by atoms with Crippen molar-refractivity contribution in [2.75, 3.05) is 4.90 Å². The molecular formula is C52H33NS2. The van der Waals surface area contributed by atoms with Crippen LogP contribution in [0.4, 0.5) is 17.1 Å². The molecule has 0 N–H and O–H groups in total. The Kier molecular flexibility index (Phi) is 7.61. The predicted octanol–water partition coefficient (Wildman–Crippen LogP) is 16.0. The van der Waals surface area contributed by atoms with E-state index in [2.05, 4.69) is 205 Å². The Hall–Kier alpha value is -6.52. The van der Waals surface area contributed by atoms with Gasteiger partial charge in [0, 0.05) is 57.4 Å². The molecule has 11 aromatic rings. The van der Waals surface area contributed by atoms with Crippen molar-refractivity contribution in [3.63, 3.8) is 0 Å². The van der Waals surface area contributed by atoms with E-state index in [0.29, 0.717) is 0 Å². The number of fused-ring (bicyclic) bond motifs is 7. The fraction of sp³-hybridized carbons (Fsp3) is 0. The van der Waals surface area contributed by atoms with Crippen molar-refractivity contribution in [3.8, 4) is 33.4 Å². The Morgan fingerprint density at radius 1 is 0.291 bits per heavy atom. The molecule has 0 saturated carbocycles. The molecule has 0 radical (unpaired) electrons. The molecule has 0 aliphatic heterocycles. The van der Waals surface area contributed by atoms with Gasteiger partial charge >= 0.3 is 0 Å². The lowest BCUT2D eigenvalue weighted by Gasteiger charge is -2.27. The van der Waals surface area contributed by atoms with Crippen molar-refractivity contribution in [1.29, 1.82) is 0 Å². The third-order valence-electron chi connectivity index (χ3n) is 10.9. The molecular weight excluding hydrogens is 703 g/mol. The highest BCUT2D eigenvalue weighted by Gasteiger charge is 2.18. The van der Waals surface area contributed by atoms with Gasteiger partial charge in [0.1, 0.15) is 0 Å². The van der Waals surface area contributed by atoms with Crippen LogP contribution in [0.25, 0.3) is 84.5 Å². The molecule has 0 atom stereocenters. The molecule has 0 amide bonds. The topological polar surface area (TPSA) is 3.24 Å². The average molecular weight is 736 g/mol. The van der Waals surface area contributed by atoms with Gasteiger partial charge in [0.2, 0.25) is 0 Å². The summed E-state index contributed by atoms with van der Waals surface area (Å²) in [6.07, 6.45) is 0. The smallest absolute Gasteiger partial charge is 0.0467 e. The molecule has 258 valence electrons. The Balaban J connectivity index is 1.07. The van der Waals surface area contributed by atoms with Crippen molar-refractivity contribution in [1.82, 2.24) is 0 Å². The van der Waals surface area contributed by atoms with Crippen molar-refractivity contribution in [3.05, 3.63) is 200 Å². The quantitative estimate of drug-likeness (QED) is 0.164. The first-order valence-electron chi connectivity index (χ1n) is 18.7. The number of hydrogen-bond donors (Lipinski definition) is 0. The highest BCUT2D eigenvalue weighted by atomic mass is 32.1. The van der Waals surface area contributed by atoms with Gasteiger partial charge in [0.15, 0.2) is 0 Å². The second-order valence-corrected chi connectivity index (χ2v) is 16.2. The molecule has 1 nitrogen and oxygen atoms in total. The predicted molar refractivity (Wildman–Crippen MR) is 241 cm³/mol. The number of hydrogen-bond acceptors (Lipinski definition) is 3. The molecule has 0 bridgehead atoms. The lowest BCUT2D eigenvalue weighted by atomic mass is 9.97. The second-order valence-electron chi connectivity index (χ2n) is 14.1. The first-order valence-corrected chi connectivity index (χ1v) is 20.3. The van der Waals surface area contributed by atoms with E-state index in [4.69, 9.17) is 0 Å². The highest BCUT2D eigenvalue weighted by Crippen LogP contribution is 2.45. The van der Waals surface area contributed by atoms with E-state index in [1.807, 2.05) is 22.7 Å². The lowest BCUT2D eigenvalue weighted by Crippen LogP contribution is -2.10. The molecule has 2 heterocycles. The molecule has 3 heteroatoms. The summed E-state index contributed by atoms with van der Waals surface area (Å²) in [7, 11) is 0. The normalized spacial score (nSPS) is 11.6. The second kappa shape index (κ2) is 13.1. The minimum absolute atomic E-state index is 1.11. The van der Waals surface area contributed by atoms with Crippen LogP contribution in [-0.4, -0.2) is 0 Å². The number of benzene rings is 9. The van der Waals surface area contributed by atoms with Crippen LogP contribution in [-0.2, 0) is 0 Å². The van der Waals surface area contributed by atoms with E-state index in [-0.39, 0.29) is 0 Å². The third-order valence-corrected chi connectivity index (χ3v) is 13.3. The highest BCUT2D eigenvalue weighted by molar-refractivity contribution is 7.26. The van der Waals surface area contributed by atoms with Crippen LogP contribution in [0.15, 0.2) is 200 Å². The van der Waals surface area contributed by atoms with E-state index in [1.54, 1.807) is 0 Å². The maximum absolute atomic E-state index is 2.41. The maximum Gasteiger partial charge on any atom is 0.0467 e. The molecule has 0 aliphatic carbocycles. The van der Waals surface area contributed by atoms with Gasteiger partial charge in [-0.1, -0.05) is 152 Å². The monoisotopic (exact) mass is 735 g/mol. The van der Waals surface area contributed by atoms with Crippen LogP contribution in [0.5, 0.6) is 0 Å². The van der Waals surface area contributed by atoms with E-state index < -0.39 is 0 Å². The van der Waals surface area contributed by atoms with Crippen LogP contribution < -0.4 is 4.90 Å². The third kappa shape index (κ3) is 5.43. The van der Waals surface area contributed by atoms with Crippen molar-refractivity contribution in [2.24, 2.45) is 0 Å². The summed E-state index contributed by atoms with van der Waals surface area (Å²) in [6, 6.07) is 73.4. The fourth-order valence-corrected chi connectivity index (χ4v) is 10.8. The van der Waals surface area contributed by atoms with Crippen LogP contribution in [0, 0.1) is 0 Å². The first-order chi connectivity index (χ1) is 27.3. The Morgan fingerprint density at radius 3 is 1.35 bits per heavy atom. The van der Waals surface area contributed by atoms with Crippen LogP contribution in [0.1, 0.15) is 0 Å². The molecule has 0 fully saturated rings.